The maximum atomic E-state index is 12.1. The number of thioether (sulfide) groups is 1. The Morgan fingerprint density at radius 3 is 3.17 bits per heavy atom. The lowest BCUT2D eigenvalue weighted by atomic mass is 9.89. The quantitative estimate of drug-likeness (QED) is 0.824. The van der Waals surface area contributed by atoms with Gasteiger partial charge in [0.15, 0.2) is 0 Å². The van der Waals surface area contributed by atoms with Crippen LogP contribution in [-0.2, 0) is 22.4 Å². The summed E-state index contributed by atoms with van der Waals surface area (Å²) >= 11 is 1.31. The van der Waals surface area contributed by atoms with Gasteiger partial charge in [0.2, 0.25) is 11.0 Å². The molecule has 1 aromatic heterocycles. The van der Waals surface area contributed by atoms with Crippen molar-refractivity contribution in [2.75, 3.05) is 5.75 Å². The Balaban J connectivity index is 1.62. The lowest BCUT2D eigenvalue weighted by Crippen LogP contribution is -2.42. The van der Waals surface area contributed by atoms with Crippen LogP contribution in [0.3, 0.4) is 0 Å². The fraction of sp³-hybridized carbons (Fsp3) is 0.583. The SMILES string of the molecule is O=C(NC1CCSC1=O)C1CCc2nc[nH]c2C1. The number of aryl methyl sites for hydroxylation is 1. The number of amides is 1. The van der Waals surface area contributed by atoms with Gasteiger partial charge in [0, 0.05) is 23.8 Å². The van der Waals surface area contributed by atoms with Crippen molar-refractivity contribution < 1.29 is 9.59 Å². The zero-order valence-electron chi connectivity index (χ0n) is 9.94. The number of rotatable bonds is 2. The number of imidazole rings is 1. The Morgan fingerprint density at radius 1 is 1.50 bits per heavy atom. The molecule has 2 aliphatic rings. The van der Waals surface area contributed by atoms with Crippen LogP contribution in [0.15, 0.2) is 6.33 Å². The molecular weight excluding hydrogens is 250 g/mol. The van der Waals surface area contributed by atoms with Crippen LogP contribution in [0.1, 0.15) is 24.2 Å². The molecule has 1 aromatic rings. The minimum absolute atomic E-state index is 0.0103. The molecule has 0 bridgehead atoms. The van der Waals surface area contributed by atoms with E-state index in [1.165, 1.54) is 11.8 Å². The fourth-order valence-corrected chi connectivity index (χ4v) is 3.47. The van der Waals surface area contributed by atoms with E-state index in [0.29, 0.717) is 6.42 Å². The van der Waals surface area contributed by atoms with Crippen LogP contribution in [0, 0.1) is 5.92 Å². The van der Waals surface area contributed by atoms with E-state index < -0.39 is 0 Å². The smallest absolute Gasteiger partial charge is 0.224 e. The molecular formula is C12H15N3O2S. The van der Waals surface area contributed by atoms with Gasteiger partial charge >= 0.3 is 0 Å². The normalized spacial score (nSPS) is 27.0. The number of carbonyl (C=O) groups excluding carboxylic acids is 2. The maximum absolute atomic E-state index is 12.1. The summed E-state index contributed by atoms with van der Waals surface area (Å²) in [6, 6.07) is -0.273. The van der Waals surface area contributed by atoms with Crippen molar-refractivity contribution in [3.63, 3.8) is 0 Å². The molecule has 1 saturated heterocycles. The molecule has 5 nitrogen and oxygen atoms in total. The second kappa shape index (κ2) is 4.76. The molecule has 0 spiro atoms. The summed E-state index contributed by atoms with van der Waals surface area (Å²) < 4.78 is 0. The number of carbonyl (C=O) groups is 2. The van der Waals surface area contributed by atoms with Gasteiger partial charge in [-0.15, -0.1) is 0 Å². The van der Waals surface area contributed by atoms with Crippen LogP contribution in [0.2, 0.25) is 0 Å². The Bertz CT molecular complexity index is 485. The molecule has 1 aliphatic carbocycles. The molecule has 2 heterocycles. The highest BCUT2D eigenvalue weighted by Gasteiger charge is 2.31. The standard InChI is InChI=1S/C12H15N3O2S/c16-11(15-9-3-4-18-12(9)17)7-1-2-8-10(5-7)14-6-13-8/h6-7,9H,1-5H2,(H,13,14)(H,15,16). The molecule has 1 fully saturated rings. The first kappa shape index (κ1) is 11.8. The van der Waals surface area contributed by atoms with E-state index in [1.54, 1.807) is 6.33 Å². The zero-order chi connectivity index (χ0) is 12.5. The fourth-order valence-electron chi connectivity index (χ4n) is 2.54. The highest BCUT2D eigenvalue weighted by Crippen LogP contribution is 2.24. The Labute approximate surface area is 109 Å². The number of H-pyrrole nitrogens is 1. The van der Waals surface area contributed by atoms with Crippen molar-refractivity contribution in [3.8, 4) is 0 Å². The lowest BCUT2D eigenvalue weighted by molar-refractivity contribution is -0.128. The Morgan fingerprint density at radius 2 is 2.39 bits per heavy atom. The van der Waals surface area contributed by atoms with Crippen molar-refractivity contribution >= 4 is 22.8 Å². The van der Waals surface area contributed by atoms with Gasteiger partial charge in [0.05, 0.1) is 18.1 Å². The molecule has 96 valence electrons. The molecule has 0 aromatic carbocycles. The zero-order valence-corrected chi connectivity index (χ0v) is 10.8. The summed E-state index contributed by atoms with van der Waals surface area (Å²) in [7, 11) is 0. The third-order valence-electron chi connectivity index (χ3n) is 3.61. The molecule has 1 aliphatic heterocycles. The number of aromatic nitrogens is 2. The minimum atomic E-state index is -0.273. The van der Waals surface area contributed by atoms with Crippen molar-refractivity contribution in [1.29, 1.82) is 0 Å². The largest absolute Gasteiger partial charge is 0.348 e. The Hall–Kier alpha value is -1.30. The maximum Gasteiger partial charge on any atom is 0.224 e. The second-order valence-electron chi connectivity index (χ2n) is 4.78. The van der Waals surface area contributed by atoms with Gasteiger partial charge in [-0.25, -0.2) is 4.98 Å². The molecule has 6 heteroatoms. The predicted molar refractivity (Wildman–Crippen MR) is 68.1 cm³/mol. The molecule has 3 rings (SSSR count). The third kappa shape index (κ3) is 2.16. The second-order valence-corrected chi connectivity index (χ2v) is 5.88. The van der Waals surface area contributed by atoms with Gasteiger partial charge in [0.1, 0.15) is 0 Å². The summed E-state index contributed by atoms with van der Waals surface area (Å²) in [6.45, 7) is 0. The number of aromatic amines is 1. The van der Waals surface area contributed by atoms with Gasteiger partial charge in [-0.1, -0.05) is 11.8 Å². The highest BCUT2D eigenvalue weighted by atomic mass is 32.2. The van der Waals surface area contributed by atoms with Crippen LogP contribution in [0.25, 0.3) is 0 Å². The number of hydrogen-bond acceptors (Lipinski definition) is 4. The van der Waals surface area contributed by atoms with Crippen LogP contribution in [-0.4, -0.2) is 32.8 Å². The first-order chi connectivity index (χ1) is 8.74. The molecule has 18 heavy (non-hydrogen) atoms. The van der Waals surface area contributed by atoms with E-state index in [4.69, 9.17) is 0 Å². The average molecular weight is 265 g/mol. The molecule has 0 radical (unpaired) electrons. The molecule has 2 atom stereocenters. The topological polar surface area (TPSA) is 74.8 Å². The van der Waals surface area contributed by atoms with Crippen molar-refractivity contribution in [3.05, 3.63) is 17.7 Å². The Kier molecular flexibility index (Phi) is 3.11. The summed E-state index contributed by atoms with van der Waals surface area (Å²) in [5.41, 5.74) is 2.14. The van der Waals surface area contributed by atoms with Crippen molar-refractivity contribution in [2.24, 2.45) is 5.92 Å². The number of fused-ring (bicyclic) bond motifs is 1. The first-order valence-electron chi connectivity index (χ1n) is 6.22. The van der Waals surface area contributed by atoms with E-state index in [2.05, 4.69) is 15.3 Å². The number of hydrogen-bond donors (Lipinski definition) is 2. The van der Waals surface area contributed by atoms with E-state index >= 15 is 0 Å². The number of nitrogens with zero attached hydrogens (tertiary/aromatic N) is 1. The van der Waals surface area contributed by atoms with Gasteiger partial charge in [-0.3, -0.25) is 9.59 Å². The van der Waals surface area contributed by atoms with Gasteiger partial charge in [-0.2, -0.15) is 0 Å². The van der Waals surface area contributed by atoms with Crippen molar-refractivity contribution in [2.45, 2.75) is 31.7 Å². The average Bonchev–Trinajstić information content (AvgIpc) is 2.98. The lowest BCUT2D eigenvalue weighted by Gasteiger charge is -2.22. The summed E-state index contributed by atoms with van der Waals surface area (Å²) in [5.74, 6) is 0.798. The summed E-state index contributed by atoms with van der Waals surface area (Å²) in [4.78, 5) is 30.9. The van der Waals surface area contributed by atoms with Crippen molar-refractivity contribution in [1.82, 2.24) is 15.3 Å². The van der Waals surface area contributed by atoms with E-state index in [0.717, 1.165) is 36.4 Å². The molecule has 0 saturated carbocycles. The monoisotopic (exact) mass is 265 g/mol. The van der Waals surface area contributed by atoms with E-state index in [1.807, 2.05) is 0 Å². The molecule has 1 amide bonds. The summed E-state index contributed by atoms with van der Waals surface area (Å²) in [6.07, 6.45) is 4.80. The van der Waals surface area contributed by atoms with Gasteiger partial charge in [-0.05, 0) is 19.3 Å². The first-order valence-corrected chi connectivity index (χ1v) is 7.21. The minimum Gasteiger partial charge on any atom is -0.348 e. The molecule has 2 unspecified atom stereocenters. The van der Waals surface area contributed by atoms with Gasteiger partial charge in [0.25, 0.3) is 0 Å². The van der Waals surface area contributed by atoms with E-state index in [9.17, 15) is 9.59 Å². The highest BCUT2D eigenvalue weighted by molar-refractivity contribution is 8.14. The molecule has 2 N–H and O–H groups in total. The van der Waals surface area contributed by atoms with Crippen LogP contribution < -0.4 is 5.32 Å². The number of nitrogens with one attached hydrogen (secondary N) is 2. The summed E-state index contributed by atoms with van der Waals surface area (Å²) in [5, 5.41) is 2.98. The van der Waals surface area contributed by atoms with Crippen LogP contribution >= 0.6 is 11.8 Å². The predicted octanol–water partition coefficient (Wildman–Crippen LogP) is 0.663. The van der Waals surface area contributed by atoms with Crippen LogP contribution in [0.5, 0.6) is 0 Å². The third-order valence-corrected chi connectivity index (χ3v) is 4.62. The van der Waals surface area contributed by atoms with Gasteiger partial charge < -0.3 is 10.3 Å². The van der Waals surface area contributed by atoms with E-state index in [-0.39, 0.29) is 23.0 Å². The van der Waals surface area contributed by atoms with Crippen LogP contribution in [0.4, 0.5) is 0 Å².